The van der Waals surface area contributed by atoms with Gasteiger partial charge in [-0.15, -0.1) is 0 Å². The molecule has 1 unspecified atom stereocenters. The first kappa shape index (κ1) is 16.3. The van der Waals surface area contributed by atoms with Crippen LogP contribution in [0.3, 0.4) is 0 Å². The molecule has 0 spiro atoms. The first-order valence-electron chi connectivity index (χ1n) is 8.37. The summed E-state index contributed by atoms with van der Waals surface area (Å²) in [7, 11) is 0. The van der Waals surface area contributed by atoms with E-state index >= 15 is 0 Å². The summed E-state index contributed by atoms with van der Waals surface area (Å²) in [4.78, 5) is 2.34. The van der Waals surface area contributed by atoms with Gasteiger partial charge in [-0.25, -0.2) is 4.39 Å². The number of unbranched alkanes of at least 4 members (excludes halogenated alkanes) is 4. The molecule has 0 aliphatic carbocycles. The summed E-state index contributed by atoms with van der Waals surface area (Å²) >= 11 is 0. The number of anilines is 1. The Kier molecular flexibility index (Phi) is 5.63. The van der Waals surface area contributed by atoms with Crippen molar-refractivity contribution in [2.75, 3.05) is 18.0 Å². The fourth-order valence-corrected chi connectivity index (χ4v) is 3.37. The van der Waals surface area contributed by atoms with Crippen molar-refractivity contribution in [1.82, 2.24) is 0 Å². The van der Waals surface area contributed by atoms with Crippen molar-refractivity contribution < 1.29 is 4.39 Å². The third-order valence-electron chi connectivity index (χ3n) is 4.85. The maximum atomic E-state index is 13.6. The van der Waals surface area contributed by atoms with Crippen LogP contribution in [0.2, 0.25) is 0 Å². The van der Waals surface area contributed by atoms with Gasteiger partial charge < -0.3 is 10.6 Å². The second-order valence-electron chi connectivity index (χ2n) is 6.54. The summed E-state index contributed by atoms with van der Waals surface area (Å²) < 4.78 is 13.6. The molecule has 1 atom stereocenters. The van der Waals surface area contributed by atoms with E-state index in [-0.39, 0.29) is 11.4 Å². The minimum absolute atomic E-state index is 0.0503. The number of fused-ring (bicyclic) bond motifs is 1. The van der Waals surface area contributed by atoms with E-state index in [1.165, 1.54) is 37.7 Å². The molecular weight excluding hydrogens is 263 g/mol. The highest BCUT2D eigenvalue weighted by Crippen LogP contribution is 2.36. The quantitative estimate of drug-likeness (QED) is 0.725. The number of hydrogen-bond acceptors (Lipinski definition) is 2. The van der Waals surface area contributed by atoms with Crippen LogP contribution in [0.4, 0.5) is 10.1 Å². The lowest BCUT2D eigenvalue weighted by molar-refractivity contribution is 0.387. The molecule has 0 saturated heterocycles. The van der Waals surface area contributed by atoms with E-state index in [0.717, 1.165) is 25.1 Å². The van der Waals surface area contributed by atoms with Crippen molar-refractivity contribution in [3.63, 3.8) is 0 Å². The molecule has 21 heavy (non-hydrogen) atoms. The molecular formula is C18H29FN2. The maximum absolute atomic E-state index is 13.6. The number of nitrogens with two attached hydrogens (primary N) is 1. The smallest absolute Gasteiger partial charge is 0.125 e. The van der Waals surface area contributed by atoms with Gasteiger partial charge in [0.2, 0.25) is 0 Å². The zero-order chi connectivity index (χ0) is 15.3. The van der Waals surface area contributed by atoms with Crippen molar-refractivity contribution >= 4 is 5.69 Å². The maximum Gasteiger partial charge on any atom is 0.125 e. The van der Waals surface area contributed by atoms with Crippen molar-refractivity contribution in [2.24, 2.45) is 5.73 Å². The van der Waals surface area contributed by atoms with Crippen LogP contribution >= 0.6 is 0 Å². The first-order valence-corrected chi connectivity index (χ1v) is 8.37. The summed E-state index contributed by atoms with van der Waals surface area (Å²) in [6.45, 7) is 6.05. The number of hydrogen-bond donors (Lipinski definition) is 1. The molecule has 2 nitrogen and oxygen atoms in total. The molecule has 0 fully saturated rings. The molecule has 0 saturated carbocycles. The Morgan fingerprint density at radius 1 is 1.24 bits per heavy atom. The Balaban J connectivity index is 2.03. The van der Waals surface area contributed by atoms with Crippen molar-refractivity contribution in [3.05, 3.63) is 29.6 Å². The predicted octanol–water partition coefficient (Wildman–Crippen LogP) is 4.27. The van der Waals surface area contributed by atoms with Gasteiger partial charge in [-0.05, 0) is 37.5 Å². The van der Waals surface area contributed by atoms with E-state index < -0.39 is 0 Å². The number of nitrogens with zero attached hydrogens (tertiary/aromatic N) is 1. The Labute approximate surface area is 128 Å². The van der Waals surface area contributed by atoms with Crippen LogP contribution in [0, 0.1) is 5.82 Å². The van der Waals surface area contributed by atoms with Gasteiger partial charge in [0.25, 0.3) is 0 Å². The van der Waals surface area contributed by atoms with Crippen LogP contribution in [-0.2, 0) is 6.42 Å². The minimum Gasteiger partial charge on any atom is -0.364 e. The van der Waals surface area contributed by atoms with Crippen LogP contribution in [0.1, 0.15) is 57.9 Å². The Morgan fingerprint density at radius 2 is 2.00 bits per heavy atom. The number of benzene rings is 1. The van der Waals surface area contributed by atoms with Crippen LogP contribution in [0.15, 0.2) is 18.2 Å². The average molecular weight is 292 g/mol. The number of rotatable bonds is 8. The fraction of sp³-hybridized carbons (Fsp3) is 0.667. The van der Waals surface area contributed by atoms with Crippen LogP contribution in [-0.4, -0.2) is 18.6 Å². The molecule has 1 aromatic carbocycles. The van der Waals surface area contributed by atoms with Crippen LogP contribution < -0.4 is 10.6 Å². The molecule has 0 radical (unpaired) electrons. The first-order chi connectivity index (χ1) is 10.1. The fourth-order valence-electron chi connectivity index (χ4n) is 3.37. The van der Waals surface area contributed by atoms with Crippen molar-refractivity contribution in [3.8, 4) is 0 Å². The van der Waals surface area contributed by atoms with Gasteiger partial charge >= 0.3 is 0 Å². The summed E-state index contributed by atoms with van der Waals surface area (Å²) in [5.74, 6) is -0.150. The lowest BCUT2D eigenvalue weighted by Crippen LogP contribution is -2.51. The molecule has 0 bridgehead atoms. The molecule has 1 aromatic rings. The molecule has 2 rings (SSSR count). The highest BCUT2D eigenvalue weighted by Gasteiger charge is 2.34. The second-order valence-corrected chi connectivity index (χ2v) is 6.54. The lowest BCUT2D eigenvalue weighted by Gasteiger charge is -2.40. The van der Waals surface area contributed by atoms with E-state index in [2.05, 4.69) is 18.7 Å². The molecule has 1 aliphatic heterocycles. The topological polar surface area (TPSA) is 29.3 Å². The zero-order valence-corrected chi connectivity index (χ0v) is 13.5. The Bertz CT molecular complexity index is 461. The highest BCUT2D eigenvalue weighted by atomic mass is 19.1. The van der Waals surface area contributed by atoms with E-state index in [1.54, 1.807) is 12.1 Å². The van der Waals surface area contributed by atoms with E-state index in [1.807, 2.05) is 6.07 Å². The standard InChI is InChI=1S/C18H29FN2/c1-3-4-5-6-7-11-18(2,14-20)21-12-10-15-8-9-16(19)13-17(15)21/h8-9,13H,3-7,10-12,14,20H2,1-2H3. The molecule has 0 amide bonds. The van der Waals surface area contributed by atoms with Gasteiger partial charge in [0, 0.05) is 24.3 Å². The molecule has 2 N–H and O–H groups in total. The van der Waals surface area contributed by atoms with Gasteiger partial charge in [0.1, 0.15) is 5.82 Å². The molecule has 0 aromatic heterocycles. The van der Waals surface area contributed by atoms with Gasteiger partial charge in [0.05, 0.1) is 0 Å². The lowest BCUT2D eigenvalue weighted by atomic mass is 9.91. The molecule has 1 heterocycles. The monoisotopic (exact) mass is 292 g/mol. The number of halogens is 1. The third-order valence-corrected chi connectivity index (χ3v) is 4.85. The summed E-state index contributed by atoms with van der Waals surface area (Å²) in [6, 6.07) is 5.16. The SMILES string of the molecule is CCCCCCCC(C)(CN)N1CCc2ccc(F)cc21. The van der Waals surface area contributed by atoms with Gasteiger partial charge in [0.15, 0.2) is 0 Å². The highest BCUT2D eigenvalue weighted by molar-refractivity contribution is 5.60. The predicted molar refractivity (Wildman–Crippen MR) is 88.3 cm³/mol. The second kappa shape index (κ2) is 7.26. The summed E-state index contributed by atoms with van der Waals surface area (Å²) in [5.41, 5.74) is 8.34. The molecule has 1 aliphatic rings. The van der Waals surface area contributed by atoms with Crippen LogP contribution in [0.5, 0.6) is 0 Å². The molecule has 3 heteroatoms. The van der Waals surface area contributed by atoms with Gasteiger partial charge in [-0.2, -0.15) is 0 Å². The van der Waals surface area contributed by atoms with E-state index in [4.69, 9.17) is 5.73 Å². The minimum atomic E-state index is -0.150. The average Bonchev–Trinajstić information content (AvgIpc) is 2.90. The Hall–Kier alpha value is -1.09. The summed E-state index contributed by atoms with van der Waals surface area (Å²) in [6.07, 6.45) is 8.46. The van der Waals surface area contributed by atoms with E-state index in [0.29, 0.717) is 6.54 Å². The van der Waals surface area contributed by atoms with Crippen molar-refractivity contribution in [1.29, 1.82) is 0 Å². The van der Waals surface area contributed by atoms with Gasteiger partial charge in [-0.3, -0.25) is 0 Å². The Morgan fingerprint density at radius 3 is 2.71 bits per heavy atom. The molecule has 118 valence electrons. The summed E-state index contributed by atoms with van der Waals surface area (Å²) in [5, 5.41) is 0. The normalized spacial score (nSPS) is 16.9. The van der Waals surface area contributed by atoms with E-state index in [9.17, 15) is 4.39 Å². The van der Waals surface area contributed by atoms with Crippen molar-refractivity contribution in [2.45, 2.75) is 64.3 Å². The van der Waals surface area contributed by atoms with Crippen LogP contribution in [0.25, 0.3) is 0 Å². The largest absolute Gasteiger partial charge is 0.364 e. The third kappa shape index (κ3) is 3.76. The zero-order valence-electron chi connectivity index (χ0n) is 13.5. The van der Waals surface area contributed by atoms with Gasteiger partial charge in [-0.1, -0.05) is 45.1 Å².